The molecule has 0 unspecified atom stereocenters. The molecule has 2 nitrogen and oxygen atoms in total. The van der Waals surface area contributed by atoms with Gasteiger partial charge in [0.2, 0.25) is 0 Å². The Labute approximate surface area is 146 Å². The van der Waals surface area contributed by atoms with Crippen molar-refractivity contribution < 1.29 is 9.53 Å². The third kappa shape index (κ3) is 11.2. The monoisotopic (exact) mass is 324 g/mol. The summed E-state index contributed by atoms with van der Waals surface area (Å²) >= 11 is 0. The molecule has 0 bridgehead atoms. The zero-order valence-corrected chi connectivity index (χ0v) is 14.6. The minimum Gasteiger partial charge on any atom is -0.427 e. The summed E-state index contributed by atoms with van der Waals surface area (Å²) in [4.78, 5) is 10.9. The molecule has 128 valence electrons. The second-order valence-electron chi connectivity index (χ2n) is 5.31. The van der Waals surface area contributed by atoms with Crippen LogP contribution < -0.4 is 0 Å². The number of esters is 1. The van der Waals surface area contributed by atoms with E-state index in [4.69, 9.17) is 4.74 Å². The summed E-state index contributed by atoms with van der Waals surface area (Å²) in [7, 11) is 0. The van der Waals surface area contributed by atoms with E-state index in [1.807, 2.05) is 12.2 Å². The highest BCUT2D eigenvalue weighted by molar-refractivity contribution is 5.75. The average Bonchev–Trinajstić information content (AvgIpc) is 3.00. The van der Waals surface area contributed by atoms with Gasteiger partial charge in [0.05, 0.1) is 6.42 Å². The molecule has 0 radical (unpaired) electrons. The summed E-state index contributed by atoms with van der Waals surface area (Å²) in [5, 5.41) is 0. The molecule has 0 amide bonds. The zero-order chi connectivity index (χ0) is 17.3. The van der Waals surface area contributed by atoms with Gasteiger partial charge in [0.1, 0.15) is 5.76 Å². The van der Waals surface area contributed by atoms with E-state index in [0.29, 0.717) is 12.2 Å². The summed E-state index contributed by atoms with van der Waals surface area (Å²) in [6, 6.07) is 0. The maximum Gasteiger partial charge on any atom is 0.315 e. The number of ether oxygens (including phenoxy) is 1. The summed E-state index contributed by atoms with van der Waals surface area (Å²) in [6.07, 6.45) is 32.4. The molecule has 1 rings (SSSR count). The maximum atomic E-state index is 10.9. The molecular formula is C22H28O2. The first-order chi connectivity index (χ1) is 11.8. The highest BCUT2D eigenvalue weighted by Gasteiger charge is 2.10. The lowest BCUT2D eigenvalue weighted by molar-refractivity contribution is -0.136. The van der Waals surface area contributed by atoms with Crippen LogP contribution in [0, 0.1) is 0 Å². The van der Waals surface area contributed by atoms with Gasteiger partial charge in [-0.05, 0) is 44.3 Å². The molecule has 0 atom stereocenters. The molecule has 1 heterocycles. The van der Waals surface area contributed by atoms with Crippen molar-refractivity contribution in [3.05, 3.63) is 84.7 Å². The Morgan fingerprint density at radius 1 is 0.833 bits per heavy atom. The van der Waals surface area contributed by atoms with Gasteiger partial charge < -0.3 is 4.74 Å². The molecule has 0 N–H and O–H groups in total. The third-order valence-corrected chi connectivity index (χ3v) is 3.20. The van der Waals surface area contributed by atoms with E-state index >= 15 is 0 Å². The summed E-state index contributed by atoms with van der Waals surface area (Å²) in [5.74, 6) is 0.458. The van der Waals surface area contributed by atoms with Gasteiger partial charge in [0.25, 0.3) is 0 Å². The van der Waals surface area contributed by atoms with E-state index < -0.39 is 0 Å². The molecule has 1 aliphatic heterocycles. The molecule has 0 aromatic rings. The van der Waals surface area contributed by atoms with Crippen LogP contribution in [0.15, 0.2) is 84.7 Å². The van der Waals surface area contributed by atoms with Gasteiger partial charge in [-0.15, -0.1) is 0 Å². The van der Waals surface area contributed by atoms with Gasteiger partial charge >= 0.3 is 5.97 Å². The molecule has 0 aromatic carbocycles. The van der Waals surface area contributed by atoms with Crippen LogP contribution in [0.2, 0.25) is 0 Å². The van der Waals surface area contributed by atoms with Crippen molar-refractivity contribution in [2.24, 2.45) is 0 Å². The number of carbonyl (C=O) groups excluding carboxylic acids is 1. The van der Waals surface area contributed by atoms with Crippen molar-refractivity contribution in [1.82, 2.24) is 0 Å². The van der Waals surface area contributed by atoms with Crippen molar-refractivity contribution in [2.45, 2.75) is 45.4 Å². The Hall–Kier alpha value is -2.35. The largest absolute Gasteiger partial charge is 0.427 e. The van der Waals surface area contributed by atoms with E-state index in [1.165, 1.54) is 0 Å². The molecule has 1 aliphatic rings. The van der Waals surface area contributed by atoms with Crippen molar-refractivity contribution in [3.63, 3.8) is 0 Å². The normalized spacial score (nSPS) is 16.0. The van der Waals surface area contributed by atoms with Crippen molar-refractivity contribution in [1.29, 1.82) is 0 Å². The number of hydrogen-bond donors (Lipinski definition) is 0. The predicted octanol–water partition coefficient (Wildman–Crippen LogP) is 6.12. The quantitative estimate of drug-likeness (QED) is 0.260. The van der Waals surface area contributed by atoms with Gasteiger partial charge in [0.15, 0.2) is 0 Å². The lowest BCUT2D eigenvalue weighted by atomic mass is 10.2. The van der Waals surface area contributed by atoms with Crippen molar-refractivity contribution >= 4 is 5.97 Å². The first-order valence-corrected chi connectivity index (χ1v) is 8.67. The van der Waals surface area contributed by atoms with Crippen LogP contribution in [0.1, 0.15) is 45.4 Å². The molecule has 24 heavy (non-hydrogen) atoms. The molecular weight excluding hydrogens is 296 g/mol. The molecule has 0 saturated heterocycles. The highest BCUT2D eigenvalue weighted by atomic mass is 16.5. The standard InChI is InChI=1S/C22H28O2/c1-2-3-4-5-6-7-8-9-10-11-12-13-14-15-16-17-18-21-19-20-22(23)24-21/h3-4,6-7,9-10,12-13,15-19H,2,5,8,11,14,20H2,1H3. The van der Waals surface area contributed by atoms with Crippen molar-refractivity contribution in [3.8, 4) is 0 Å². The van der Waals surface area contributed by atoms with Gasteiger partial charge in [0, 0.05) is 0 Å². The molecule has 0 spiro atoms. The lowest BCUT2D eigenvalue weighted by Crippen LogP contribution is -1.91. The van der Waals surface area contributed by atoms with Gasteiger partial charge in [-0.1, -0.05) is 73.8 Å². The van der Waals surface area contributed by atoms with Gasteiger partial charge in [-0.3, -0.25) is 4.79 Å². The Balaban J connectivity index is 2.02. The second-order valence-corrected chi connectivity index (χ2v) is 5.31. The molecule has 0 saturated carbocycles. The lowest BCUT2D eigenvalue weighted by Gasteiger charge is -1.91. The SMILES string of the molecule is CCC=CCC=CCC=CCC=CCC=CC=CC1=CCC(=O)O1. The predicted molar refractivity (Wildman–Crippen MR) is 102 cm³/mol. The van der Waals surface area contributed by atoms with E-state index in [0.717, 1.165) is 32.1 Å². The summed E-state index contributed by atoms with van der Waals surface area (Å²) in [6.45, 7) is 2.15. The fraction of sp³-hybridized carbons (Fsp3) is 0.318. The second kappa shape index (κ2) is 14.3. The van der Waals surface area contributed by atoms with Crippen molar-refractivity contribution in [2.75, 3.05) is 0 Å². The average molecular weight is 324 g/mol. The van der Waals surface area contributed by atoms with E-state index in [1.54, 1.807) is 12.2 Å². The highest BCUT2D eigenvalue weighted by Crippen LogP contribution is 2.11. The van der Waals surface area contributed by atoms with Crippen LogP contribution in [0.25, 0.3) is 0 Å². The fourth-order valence-corrected chi connectivity index (χ4v) is 1.96. The van der Waals surface area contributed by atoms with E-state index in [-0.39, 0.29) is 5.97 Å². The van der Waals surface area contributed by atoms with E-state index in [9.17, 15) is 4.79 Å². The van der Waals surface area contributed by atoms with Crippen LogP contribution in [0.3, 0.4) is 0 Å². The number of hydrogen-bond acceptors (Lipinski definition) is 2. The topological polar surface area (TPSA) is 26.3 Å². The number of cyclic esters (lactones) is 1. The first kappa shape index (κ1) is 19.7. The van der Waals surface area contributed by atoms with Gasteiger partial charge in [-0.25, -0.2) is 0 Å². The van der Waals surface area contributed by atoms with E-state index in [2.05, 4.69) is 61.6 Å². The zero-order valence-electron chi connectivity index (χ0n) is 14.6. The minimum atomic E-state index is -0.182. The molecule has 0 aromatic heterocycles. The number of carbonyl (C=O) groups is 1. The van der Waals surface area contributed by atoms with Crippen LogP contribution in [0.4, 0.5) is 0 Å². The van der Waals surface area contributed by atoms with Crippen LogP contribution >= 0.6 is 0 Å². The summed E-state index contributed by atoms with van der Waals surface area (Å²) in [5.41, 5.74) is 0. The summed E-state index contributed by atoms with van der Waals surface area (Å²) < 4.78 is 4.96. The maximum absolute atomic E-state index is 10.9. The smallest absolute Gasteiger partial charge is 0.315 e. The fourth-order valence-electron chi connectivity index (χ4n) is 1.96. The Morgan fingerprint density at radius 3 is 1.88 bits per heavy atom. The van der Waals surface area contributed by atoms with Crippen LogP contribution in [-0.2, 0) is 9.53 Å². The van der Waals surface area contributed by atoms with Gasteiger partial charge in [-0.2, -0.15) is 0 Å². The Morgan fingerprint density at radius 2 is 1.38 bits per heavy atom. The minimum absolute atomic E-state index is 0.182. The molecule has 0 fully saturated rings. The Kier molecular flexibility index (Phi) is 11.7. The first-order valence-electron chi connectivity index (χ1n) is 8.67. The van der Waals surface area contributed by atoms with Crippen LogP contribution in [0.5, 0.6) is 0 Å². The molecule has 0 aliphatic carbocycles. The third-order valence-electron chi connectivity index (χ3n) is 3.20. The Bertz CT molecular complexity index is 555. The van der Waals surface area contributed by atoms with Crippen LogP contribution in [-0.4, -0.2) is 5.97 Å². The number of rotatable bonds is 11. The number of allylic oxidation sites excluding steroid dienone is 12. The molecule has 2 heteroatoms.